The van der Waals surface area contributed by atoms with Gasteiger partial charge in [0.2, 0.25) is 0 Å². The third kappa shape index (κ3) is 3.49. The van der Waals surface area contributed by atoms with Crippen molar-refractivity contribution in [2.75, 3.05) is 18.5 Å². The van der Waals surface area contributed by atoms with Gasteiger partial charge in [-0.25, -0.2) is 4.39 Å². The minimum Gasteiger partial charge on any atom is -0.482 e. The predicted molar refractivity (Wildman–Crippen MR) is 88.0 cm³/mol. The predicted octanol–water partition coefficient (Wildman–Crippen LogP) is 2.78. The minimum atomic E-state index is -0.659. The Labute approximate surface area is 142 Å². The molecule has 2 amide bonds. The molecule has 0 bridgehead atoms. The molecule has 3 rings (SSSR count). The second kappa shape index (κ2) is 6.88. The van der Waals surface area contributed by atoms with E-state index in [0.717, 1.165) is 5.56 Å². The molecule has 0 aromatic heterocycles. The van der Waals surface area contributed by atoms with Gasteiger partial charge in [-0.15, -0.1) is 0 Å². The fraction of sp³-hybridized carbons (Fsp3) is 0.176. The van der Waals surface area contributed by atoms with Crippen LogP contribution in [0.4, 0.5) is 10.1 Å². The lowest BCUT2D eigenvalue weighted by molar-refractivity contribution is -0.118. The highest BCUT2D eigenvalue weighted by molar-refractivity contribution is 6.33. The zero-order valence-corrected chi connectivity index (χ0v) is 13.3. The van der Waals surface area contributed by atoms with Crippen molar-refractivity contribution in [2.45, 2.75) is 6.42 Å². The van der Waals surface area contributed by atoms with Crippen molar-refractivity contribution >= 4 is 29.1 Å². The summed E-state index contributed by atoms with van der Waals surface area (Å²) in [4.78, 5) is 23.4. The number of rotatable bonds is 4. The summed E-state index contributed by atoms with van der Waals surface area (Å²) in [5.41, 5.74) is 1.34. The lowest BCUT2D eigenvalue weighted by Gasteiger charge is -2.18. The molecule has 124 valence electrons. The Morgan fingerprint density at radius 3 is 2.96 bits per heavy atom. The molecule has 0 aliphatic carbocycles. The van der Waals surface area contributed by atoms with Crippen LogP contribution in [0.3, 0.4) is 0 Å². The maximum absolute atomic E-state index is 13.7. The van der Waals surface area contributed by atoms with E-state index >= 15 is 0 Å². The highest BCUT2D eigenvalue weighted by atomic mass is 35.5. The first-order valence-corrected chi connectivity index (χ1v) is 7.70. The summed E-state index contributed by atoms with van der Waals surface area (Å²) in [6.45, 7) is 0.308. The summed E-state index contributed by atoms with van der Waals surface area (Å²) in [5.74, 6) is -0.816. The summed E-state index contributed by atoms with van der Waals surface area (Å²) in [7, 11) is 0. The molecule has 2 aromatic rings. The van der Waals surface area contributed by atoms with Gasteiger partial charge in [0.1, 0.15) is 11.6 Å². The van der Waals surface area contributed by atoms with Crippen LogP contribution in [0.5, 0.6) is 5.75 Å². The lowest BCUT2D eigenvalue weighted by Crippen LogP contribution is -2.27. The molecule has 1 aliphatic heterocycles. The first-order valence-electron chi connectivity index (χ1n) is 7.32. The van der Waals surface area contributed by atoms with E-state index in [9.17, 15) is 14.0 Å². The lowest BCUT2D eigenvalue weighted by atomic mass is 10.1. The Kier molecular flexibility index (Phi) is 4.66. The molecule has 0 saturated heterocycles. The highest BCUT2D eigenvalue weighted by Crippen LogP contribution is 2.28. The largest absolute Gasteiger partial charge is 0.482 e. The molecular weight excluding hydrogens is 335 g/mol. The van der Waals surface area contributed by atoms with Crippen LogP contribution in [0.2, 0.25) is 5.02 Å². The molecule has 0 fully saturated rings. The van der Waals surface area contributed by atoms with Crippen molar-refractivity contribution in [1.29, 1.82) is 0 Å². The monoisotopic (exact) mass is 348 g/mol. The molecule has 1 heterocycles. The van der Waals surface area contributed by atoms with E-state index < -0.39 is 11.7 Å². The number of nitrogens with one attached hydrogen (secondary N) is 2. The van der Waals surface area contributed by atoms with Crippen LogP contribution in [0, 0.1) is 5.82 Å². The van der Waals surface area contributed by atoms with E-state index in [1.807, 2.05) is 6.07 Å². The van der Waals surface area contributed by atoms with Crippen molar-refractivity contribution in [2.24, 2.45) is 0 Å². The minimum absolute atomic E-state index is 0.00576. The van der Waals surface area contributed by atoms with E-state index in [2.05, 4.69) is 10.6 Å². The zero-order chi connectivity index (χ0) is 17.1. The van der Waals surface area contributed by atoms with Crippen molar-refractivity contribution < 1.29 is 18.7 Å². The molecule has 0 saturated carbocycles. The average Bonchev–Trinajstić information content (AvgIpc) is 2.54. The van der Waals surface area contributed by atoms with Crippen molar-refractivity contribution in [3.63, 3.8) is 0 Å². The number of hydrogen-bond acceptors (Lipinski definition) is 3. The van der Waals surface area contributed by atoms with Gasteiger partial charge in [-0.1, -0.05) is 23.7 Å². The Balaban J connectivity index is 1.62. The second-order valence-corrected chi connectivity index (χ2v) is 5.68. The molecule has 24 heavy (non-hydrogen) atoms. The number of carbonyl (C=O) groups is 2. The van der Waals surface area contributed by atoms with E-state index in [1.54, 1.807) is 12.1 Å². The summed E-state index contributed by atoms with van der Waals surface area (Å²) in [6, 6.07) is 9.49. The van der Waals surface area contributed by atoms with Crippen molar-refractivity contribution in [3.8, 4) is 5.75 Å². The molecule has 7 heteroatoms. The number of halogens is 2. The van der Waals surface area contributed by atoms with Gasteiger partial charge in [0, 0.05) is 6.54 Å². The quantitative estimate of drug-likeness (QED) is 0.892. The summed E-state index contributed by atoms with van der Waals surface area (Å²) in [5, 5.41) is 5.43. The van der Waals surface area contributed by atoms with Crippen molar-refractivity contribution in [1.82, 2.24) is 5.32 Å². The summed E-state index contributed by atoms with van der Waals surface area (Å²) < 4.78 is 19.0. The molecule has 2 N–H and O–H groups in total. The number of carbonyl (C=O) groups excluding carboxylic acids is 2. The van der Waals surface area contributed by atoms with Gasteiger partial charge < -0.3 is 15.4 Å². The van der Waals surface area contributed by atoms with E-state index in [1.165, 1.54) is 18.2 Å². The van der Waals surface area contributed by atoms with E-state index in [-0.39, 0.29) is 23.1 Å². The second-order valence-electron chi connectivity index (χ2n) is 5.27. The Hall–Kier alpha value is -2.60. The van der Waals surface area contributed by atoms with Crippen LogP contribution >= 0.6 is 11.6 Å². The number of anilines is 1. The van der Waals surface area contributed by atoms with Gasteiger partial charge in [-0.2, -0.15) is 0 Å². The van der Waals surface area contributed by atoms with E-state index in [0.29, 0.717) is 24.4 Å². The third-order valence-corrected chi connectivity index (χ3v) is 3.88. The maximum Gasteiger partial charge on any atom is 0.262 e. The number of benzene rings is 2. The highest BCUT2D eigenvalue weighted by Gasteiger charge is 2.17. The first kappa shape index (κ1) is 16.3. The van der Waals surface area contributed by atoms with Crippen LogP contribution in [-0.4, -0.2) is 25.0 Å². The maximum atomic E-state index is 13.7. The topological polar surface area (TPSA) is 67.4 Å². The summed E-state index contributed by atoms with van der Waals surface area (Å²) in [6.07, 6.45) is 0.515. The molecule has 0 unspecified atom stereocenters. The zero-order valence-electron chi connectivity index (χ0n) is 12.6. The Morgan fingerprint density at radius 2 is 2.17 bits per heavy atom. The third-order valence-electron chi connectivity index (χ3n) is 3.57. The fourth-order valence-electron chi connectivity index (χ4n) is 2.41. The van der Waals surface area contributed by atoms with Gasteiger partial charge >= 0.3 is 0 Å². The van der Waals surface area contributed by atoms with Gasteiger partial charge in [0.15, 0.2) is 6.61 Å². The van der Waals surface area contributed by atoms with Gasteiger partial charge in [-0.3, -0.25) is 9.59 Å². The van der Waals surface area contributed by atoms with Crippen LogP contribution in [0.25, 0.3) is 0 Å². The summed E-state index contributed by atoms with van der Waals surface area (Å²) >= 11 is 5.86. The van der Waals surface area contributed by atoms with Gasteiger partial charge in [-0.05, 0) is 36.2 Å². The molecule has 5 nitrogen and oxygen atoms in total. The van der Waals surface area contributed by atoms with Crippen LogP contribution in [-0.2, 0) is 11.2 Å². The van der Waals surface area contributed by atoms with Crippen LogP contribution in [0.15, 0.2) is 36.4 Å². The first-order chi connectivity index (χ1) is 11.5. The molecule has 2 aromatic carbocycles. The SMILES string of the molecule is O=C1COc2ccc(CCNC(=O)c3c(F)cccc3Cl)cc2N1. The number of hydrogen-bond donors (Lipinski definition) is 2. The molecular formula is C17H14ClFN2O3. The van der Waals surface area contributed by atoms with Crippen LogP contribution < -0.4 is 15.4 Å². The molecule has 0 atom stereocenters. The molecule has 1 aliphatic rings. The average molecular weight is 349 g/mol. The van der Waals surface area contributed by atoms with Gasteiger partial charge in [0.25, 0.3) is 11.8 Å². The molecule has 0 radical (unpaired) electrons. The Morgan fingerprint density at radius 1 is 1.33 bits per heavy atom. The van der Waals surface area contributed by atoms with E-state index in [4.69, 9.17) is 16.3 Å². The normalized spacial score (nSPS) is 12.8. The number of ether oxygens (including phenoxy) is 1. The molecule has 0 spiro atoms. The van der Waals surface area contributed by atoms with Crippen molar-refractivity contribution in [3.05, 3.63) is 58.4 Å². The smallest absolute Gasteiger partial charge is 0.262 e. The number of fused-ring (bicyclic) bond motifs is 1. The van der Waals surface area contributed by atoms with Crippen LogP contribution in [0.1, 0.15) is 15.9 Å². The van der Waals surface area contributed by atoms with Gasteiger partial charge in [0.05, 0.1) is 16.3 Å². The number of amides is 2. The fourth-order valence-corrected chi connectivity index (χ4v) is 2.66. The Bertz CT molecular complexity index is 790. The standard InChI is InChI=1S/C17H14ClFN2O3/c18-11-2-1-3-12(19)16(11)17(23)20-7-6-10-4-5-14-13(8-10)21-15(22)9-24-14/h1-5,8H,6-7,9H2,(H,20,23)(H,21,22).